The summed E-state index contributed by atoms with van der Waals surface area (Å²) in [4.78, 5) is 4.92. The molecule has 0 aliphatic heterocycles. The lowest BCUT2D eigenvalue weighted by molar-refractivity contribution is 0.426. The Balaban J connectivity index is 3.09. The predicted molar refractivity (Wildman–Crippen MR) is 31.0 cm³/mol. The highest BCUT2D eigenvalue weighted by molar-refractivity contribution is 7.89. The van der Waals surface area contributed by atoms with Crippen molar-refractivity contribution in [1.82, 2.24) is 9.82 Å². The first-order valence-electron chi connectivity index (χ1n) is 2.29. The average Bonchev–Trinajstić information content (AvgIpc) is 2.38. The summed E-state index contributed by atoms with van der Waals surface area (Å²) < 4.78 is 25.8. The summed E-state index contributed by atoms with van der Waals surface area (Å²) >= 11 is 0. The summed E-state index contributed by atoms with van der Waals surface area (Å²) in [6, 6.07) is 0. The van der Waals surface area contributed by atoms with Crippen molar-refractivity contribution in [1.29, 1.82) is 0 Å². The van der Waals surface area contributed by atoms with Gasteiger partial charge in [0, 0.05) is 0 Å². The van der Waals surface area contributed by atoms with E-state index in [0.29, 0.717) is 0 Å². The minimum Gasteiger partial charge on any atom is -0.436 e. The van der Waals surface area contributed by atoms with Gasteiger partial charge in [-0.05, 0) is 0 Å². The second kappa shape index (κ2) is 2.37. The molecule has 10 heavy (non-hydrogen) atoms. The molecule has 0 saturated carbocycles. The van der Waals surface area contributed by atoms with Crippen LogP contribution in [0.1, 0.15) is 0 Å². The Bertz CT molecular complexity index is 289. The van der Waals surface area contributed by atoms with Gasteiger partial charge in [-0.3, -0.25) is 5.84 Å². The molecule has 0 atom stereocenters. The minimum absolute atomic E-state index is 0.435. The fourth-order valence-electron chi connectivity index (χ4n) is 0.393. The van der Waals surface area contributed by atoms with Crippen LogP contribution in [-0.4, -0.2) is 13.4 Å². The Morgan fingerprint density at radius 3 is 2.80 bits per heavy atom. The van der Waals surface area contributed by atoms with Crippen LogP contribution in [0.25, 0.3) is 0 Å². The van der Waals surface area contributed by atoms with E-state index in [0.717, 1.165) is 6.26 Å². The maximum atomic E-state index is 10.7. The fraction of sp³-hybridized carbons (Fsp3) is 0. The summed E-state index contributed by atoms with van der Waals surface area (Å²) in [5.74, 6) is 4.66. The first kappa shape index (κ1) is 7.19. The maximum absolute atomic E-state index is 10.7. The normalized spacial score (nSPS) is 11.7. The number of aromatic nitrogens is 1. The van der Waals surface area contributed by atoms with E-state index in [2.05, 4.69) is 15.2 Å². The van der Waals surface area contributed by atoms with Crippen molar-refractivity contribution in [3.05, 3.63) is 12.5 Å². The second-order valence-corrected chi connectivity index (χ2v) is 3.01. The van der Waals surface area contributed by atoms with E-state index in [-0.39, 0.29) is 0 Å². The maximum Gasteiger partial charge on any atom is 0.331 e. The van der Waals surface area contributed by atoms with Gasteiger partial charge in [-0.1, -0.05) is 0 Å². The highest BCUT2D eigenvalue weighted by atomic mass is 32.2. The van der Waals surface area contributed by atoms with E-state index in [1.165, 1.54) is 6.20 Å². The molecular weight excluding hydrogens is 158 g/mol. The number of oxazole rings is 1. The minimum atomic E-state index is -3.70. The van der Waals surface area contributed by atoms with Gasteiger partial charge in [-0.15, -0.1) is 4.83 Å². The smallest absolute Gasteiger partial charge is 0.331 e. The van der Waals surface area contributed by atoms with E-state index in [1.54, 1.807) is 4.83 Å². The van der Waals surface area contributed by atoms with E-state index in [1.807, 2.05) is 0 Å². The third-order valence-corrected chi connectivity index (χ3v) is 1.77. The number of rotatable bonds is 2. The summed E-state index contributed by atoms with van der Waals surface area (Å²) in [7, 11) is -3.70. The summed E-state index contributed by atoms with van der Waals surface area (Å²) in [6.45, 7) is 0. The summed E-state index contributed by atoms with van der Waals surface area (Å²) in [5, 5.41) is -0.435. The quantitative estimate of drug-likeness (QED) is 0.422. The Hall–Kier alpha value is -0.920. The average molecular weight is 163 g/mol. The van der Waals surface area contributed by atoms with Gasteiger partial charge < -0.3 is 4.42 Å². The molecule has 0 bridgehead atoms. The zero-order valence-corrected chi connectivity index (χ0v) is 5.63. The van der Waals surface area contributed by atoms with Gasteiger partial charge >= 0.3 is 15.2 Å². The Morgan fingerprint density at radius 1 is 1.70 bits per heavy atom. The van der Waals surface area contributed by atoms with Gasteiger partial charge in [0.15, 0.2) is 0 Å². The molecule has 6 nitrogen and oxygen atoms in total. The number of sulfonamides is 1. The van der Waals surface area contributed by atoms with Gasteiger partial charge in [0.1, 0.15) is 6.26 Å². The highest BCUT2D eigenvalue weighted by Gasteiger charge is 2.15. The number of hydrogen-bond acceptors (Lipinski definition) is 5. The molecule has 1 rings (SSSR count). The molecule has 0 radical (unpaired) electrons. The van der Waals surface area contributed by atoms with Crippen LogP contribution in [0.3, 0.4) is 0 Å². The van der Waals surface area contributed by atoms with Crippen molar-refractivity contribution in [2.75, 3.05) is 0 Å². The van der Waals surface area contributed by atoms with Gasteiger partial charge in [0.25, 0.3) is 0 Å². The Morgan fingerprint density at radius 2 is 2.40 bits per heavy atom. The first-order chi connectivity index (χ1) is 4.67. The molecule has 56 valence electrons. The van der Waals surface area contributed by atoms with Gasteiger partial charge in [0.05, 0.1) is 6.20 Å². The van der Waals surface area contributed by atoms with Crippen molar-refractivity contribution in [2.24, 2.45) is 5.84 Å². The molecule has 7 heteroatoms. The molecule has 0 spiro atoms. The predicted octanol–water partition coefficient (Wildman–Crippen LogP) is -1.17. The van der Waals surface area contributed by atoms with Gasteiger partial charge in [-0.2, -0.15) is 0 Å². The van der Waals surface area contributed by atoms with Crippen LogP contribution >= 0.6 is 0 Å². The van der Waals surface area contributed by atoms with Crippen molar-refractivity contribution < 1.29 is 12.8 Å². The highest BCUT2D eigenvalue weighted by Crippen LogP contribution is 2.01. The molecule has 0 saturated heterocycles. The Kier molecular flexibility index (Phi) is 1.70. The van der Waals surface area contributed by atoms with Gasteiger partial charge in [-0.25, -0.2) is 13.4 Å². The molecule has 0 aromatic carbocycles. The molecule has 1 aromatic rings. The number of hydrogen-bond donors (Lipinski definition) is 2. The Labute approximate surface area is 57.1 Å². The molecule has 1 heterocycles. The molecule has 0 amide bonds. The fourth-order valence-corrected chi connectivity index (χ4v) is 0.876. The molecule has 0 aliphatic carbocycles. The standard InChI is InChI=1S/C3H5N3O3S/c4-6-10(7,8)3-5-1-2-9-3/h1-2,6H,4H2. The van der Waals surface area contributed by atoms with Crippen molar-refractivity contribution in [3.8, 4) is 0 Å². The SMILES string of the molecule is NNS(=O)(=O)c1ncco1. The first-order valence-corrected chi connectivity index (χ1v) is 3.77. The third kappa shape index (κ3) is 1.15. The van der Waals surface area contributed by atoms with Crippen molar-refractivity contribution >= 4 is 10.0 Å². The molecule has 0 aliphatic rings. The van der Waals surface area contributed by atoms with Crippen molar-refractivity contribution in [2.45, 2.75) is 5.22 Å². The zero-order chi connectivity index (χ0) is 7.61. The lowest BCUT2D eigenvalue weighted by atomic mass is 11.0. The number of nitrogens with two attached hydrogens (primary N) is 1. The summed E-state index contributed by atoms with van der Waals surface area (Å²) in [6.07, 6.45) is 2.36. The van der Waals surface area contributed by atoms with Crippen LogP contribution in [0, 0.1) is 0 Å². The van der Waals surface area contributed by atoms with Gasteiger partial charge in [0.2, 0.25) is 0 Å². The molecular formula is C3H5N3O3S. The largest absolute Gasteiger partial charge is 0.436 e. The van der Waals surface area contributed by atoms with E-state index in [9.17, 15) is 8.42 Å². The van der Waals surface area contributed by atoms with E-state index < -0.39 is 15.2 Å². The number of hydrazine groups is 1. The van der Waals surface area contributed by atoms with Crippen LogP contribution in [0.2, 0.25) is 0 Å². The topological polar surface area (TPSA) is 98.2 Å². The van der Waals surface area contributed by atoms with Crippen LogP contribution in [0.5, 0.6) is 0 Å². The molecule has 0 unspecified atom stereocenters. The van der Waals surface area contributed by atoms with Crippen LogP contribution in [-0.2, 0) is 10.0 Å². The zero-order valence-electron chi connectivity index (χ0n) is 4.81. The third-order valence-electron chi connectivity index (χ3n) is 0.795. The number of nitrogens with zero attached hydrogens (tertiary/aromatic N) is 1. The summed E-state index contributed by atoms with van der Waals surface area (Å²) in [5.41, 5.74) is 0. The van der Waals surface area contributed by atoms with Crippen molar-refractivity contribution in [3.63, 3.8) is 0 Å². The van der Waals surface area contributed by atoms with Crippen LogP contribution in [0.15, 0.2) is 22.1 Å². The lowest BCUT2D eigenvalue weighted by Crippen LogP contribution is -2.30. The van der Waals surface area contributed by atoms with Crippen LogP contribution < -0.4 is 10.7 Å². The molecule has 1 aromatic heterocycles. The van der Waals surface area contributed by atoms with Crippen LogP contribution in [0.4, 0.5) is 0 Å². The second-order valence-electron chi connectivity index (χ2n) is 1.42. The molecule has 3 N–H and O–H groups in total. The van der Waals surface area contributed by atoms with E-state index >= 15 is 0 Å². The monoisotopic (exact) mass is 163 g/mol. The van der Waals surface area contributed by atoms with E-state index in [4.69, 9.17) is 0 Å². The number of nitrogens with one attached hydrogen (secondary N) is 1. The lowest BCUT2D eigenvalue weighted by Gasteiger charge is -1.92. The molecule has 0 fully saturated rings.